The maximum absolute atomic E-state index is 12.9. The number of rotatable bonds is 7. The minimum absolute atomic E-state index is 0.121. The predicted molar refractivity (Wildman–Crippen MR) is 99.7 cm³/mol. The molecule has 2 aromatic rings. The summed E-state index contributed by atoms with van der Waals surface area (Å²) in [5, 5.41) is 18.3. The van der Waals surface area contributed by atoms with Gasteiger partial charge in [-0.15, -0.1) is 0 Å². The molecule has 0 radical (unpaired) electrons. The number of carbonyl (C=O) groups excluding carboxylic acids is 1. The van der Waals surface area contributed by atoms with Crippen LogP contribution in [-0.4, -0.2) is 36.6 Å². The number of hydrogen-bond acceptors (Lipinski definition) is 3. The molecule has 26 heavy (non-hydrogen) atoms. The van der Waals surface area contributed by atoms with E-state index < -0.39 is 0 Å². The molecule has 2 aromatic carbocycles. The Labute approximate surface area is 152 Å². The van der Waals surface area contributed by atoms with Crippen molar-refractivity contribution in [3.63, 3.8) is 0 Å². The van der Waals surface area contributed by atoms with Gasteiger partial charge in [0, 0.05) is 25.2 Å². The summed E-state index contributed by atoms with van der Waals surface area (Å²) in [5.74, 6) is 0.263. The Morgan fingerprint density at radius 2 is 1.65 bits per heavy atom. The number of amides is 1. The summed E-state index contributed by atoms with van der Waals surface area (Å²) in [6.07, 6.45) is 0. The molecule has 0 aliphatic rings. The van der Waals surface area contributed by atoms with E-state index in [2.05, 4.69) is 20.9 Å². The minimum atomic E-state index is -0.271. The summed E-state index contributed by atoms with van der Waals surface area (Å²) < 4.78 is 12.9. The third-order valence-electron chi connectivity index (χ3n) is 3.51. The van der Waals surface area contributed by atoms with Crippen molar-refractivity contribution < 1.29 is 14.3 Å². The van der Waals surface area contributed by atoms with Gasteiger partial charge in [-0.3, -0.25) is 4.79 Å². The van der Waals surface area contributed by atoms with Crippen LogP contribution in [0.15, 0.2) is 53.5 Å². The van der Waals surface area contributed by atoms with Gasteiger partial charge in [0.2, 0.25) is 0 Å². The van der Waals surface area contributed by atoms with Crippen LogP contribution in [0.1, 0.15) is 22.8 Å². The largest absolute Gasteiger partial charge is 0.508 e. The average molecular weight is 358 g/mol. The third kappa shape index (κ3) is 6.43. The molecule has 1 amide bonds. The Morgan fingerprint density at radius 3 is 2.31 bits per heavy atom. The molecule has 0 aliphatic carbocycles. The fourth-order valence-electron chi connectivity index (χ4n) is 2.17. The first-order valence-corrected chi connectivity index (χ1v) is 8.42. The number of phenolic OH excluding ortho intramolecular Hbond substituents is 1. The Morgan fingerprint density at radius 1 is 1.00 bits per heavy atom. The summed E-state index contributed by atoms with van der Waals surface area (Å²) in [6.45, 7) is 4.01. The molecule has 0 spiro atoms. The van der Waals surface area contributed by atoms with Crippen LogP contribution in [0.25, 0.3) is 0 Å². The molecule has 0 aromatic heterocycles. The Bertz CT molecular complexity index is 730. The molecule has 0 unspecified atom stereocenters. The van der Waals surface area contributed by atoms with E-state index in [0.717, 1.165) is 5.56 Å². The van der Waals surface area contributed by atoms with Crippen molar-refractivity contribution >= 4 is 11.9 Å². The zero-order valence-corrected chi connectivity index (χ0v) is 14.6. The highest BCUT2D eigenvalue weighted by Gasteiger charge is 2.04. The van der Waals surface area contributed by atoms with Gasteiger partial charge < -0.3 is 21.1 Å². The van der Waals surface area contributed by atoms with E-state index in [1.165, 1.54) is 24.3 Å². The van der Waals surface area contributed by atoms with Crippen molar-refractivity contribution in [2.24, 2.45) is 4.99 Å². The van der Waals surface area contributed by atoms with Crippen molar-refractivity contribution in [2.45, 2.75) is 13.5 Å². The number of halogens is 1. The third-order valence-corrected chi connectivity index (χ3v) is 3.51. The number of nitrogens with zero attached hydrogens (tertiary/aromatic N) is 1. The van der Waals surface area contributed by atoms with E-state index in [1.54, 1.807) is 24.3 Å². The van der Waals surface area contributed by atoms with Crippen LogP contribution in [0, 0.1) is 5.82 Å². The molecule has 0 fully saturated rings. The molecule has 0 saturated carbocycles. The van der Waals surface area contributed by atoms with Gasteiger partial charge in [-0.2, -0.15) is 0 Å². The second kappa shape index (κ2) is 10.0. The first-order chi connectivity index (χ1) is 12.6. The number of aromatic hydroxyl groups is 1. The number of guanidine groups is 1. The van der Waals surface area contributed by atoms with E-state index >= 15 is 0 Å². The standard InChI is InChI=1S/C19H23FN4O2/c1-2-21-19(24-13-14-3-7-16(20)8-4-14)23-12-11-22-18(26)15-5-9-17(25)10-6-15/h3-10,25H,2,11-13H2,1H3,(H,22,26)(H2,21,23,24). The van der Waals surface area contributed by atoms with Crippen LogP contribution in [0.4, 0.5) is 4.39 Å². The van der Waals surface area contributed by atoms with Crippen molar-refractivity contribution in [1.82, 2.24) is 16.0 Å². The maximum Gasteiger partial charge on any atom is 0.251 e. The highest BCUT2D eigenvalue weighted by molar-refractivity contribution is 5.94. The minimum Gasteiger partial charge on any atom is -0.508 e. The lowest BCUT2D eigenvalue weighted by atomic mass is 10.2. The van der Waals surface area contributed by atoms with E-state index in [1.807, 2.05) is 6.92 Å². The number of carbonyl (C=O) groups is 1. The predicted octanol–water partition coefficient (Wildman–Crippen LogP) is 2.02. The number of nitrogens with one attached hydrogen (secondary N) is 3. The number of benzene rings is 2. The quantitative estimate of drug-likeness (QED) is 0.347. The topological polar surface area (TPSA) is 85.8 Å². The first-order valence-electron chi connectivity index (χ1n) is 8.42. The highest BCUT2D eigenvalue weighted by Crippen LogP contribution is 2.09. The van der Waals surface area contributed by atoms with Crippen LogP contribution in [0.3, 0.4) is 0 Å². The summed E-state index contributed by atoms with van der Waals surface area (Å²) >= 11 is 0. The van der Waals surface area contributed by atoms with Gasteiger partial charge >= 0.3 is 0 Å². The smallest absolute Gasteiger partial charge is 0.251 e. The second-order valence-electron chi connectivity index (χ2n) is 5.55. The monoisotopic (exact) mass is 358 g/mol. The molecule has 0 heterocycles. The van der Waals surface area contributed by atoms with Crippen LogP contribution in [0.5, 0.6) is 5.75 Å². The summed E-state index contributed by atoms with van der Waals surface area (Å²) in [4.78, 5) is 16.4. The molecule has 2 rings (SSSR count). The molecule has 7 heteroatoms. The van der Waals surface area contributed by atoms with Crippen molar-refractivity contribution in [3.8, 4) is 5.75 Å². The van der Waals surface area contributed by atoms with E-state index in [4.69, 9.17) is 0 Å². The van der Waals surface area contributed by atoms with Crippen LogP contribution < -0.4 is 16.0 Å². The fourth-order valence-corrected chi connectivity index (χ4v) is 2.17. The Hall–Kier alpha value is -3.09. The molecule has 0 saturated heterocycles. The summed E-state index contributed by atoms with van der Waals surface area (Å²) in [7, 11) is 0. The van der Waals surface area contributed by atoms with Crippen LogP contribution >= 0.6 is 0 Å². The number of hydrogen-bond donors (Lipinski definition) is 4. The highest BCUT2D eigenvalue weighted by atomic mass is 19.1. The molecule has 4 N–H and O–H groups in total. The van der Waals surface area contributed by atoms with E-state index in [0.29, 0.717) is 37.7 Å². The molecule has 0 bridgehead atoms. The second-order valence-corrected chi connectivity index (χ2v) is 5.55. The van der Waals surface area contributed by atoms with Crippen molar-refractivity contribution in [2.75, 3.05) is 19.6 Å². The molecule has 0 aliphatic heterocycles. The lowest BCUT2D eigenvalue weighted by molar-refractivity contribution is 0.0954. The molecule has 6 nitrogen and oxygen atoms in total. The lowest BCUT2D eigenvalue weighted by Gasteiger charge is -2.12. The molecular formula is C19H23FN4O2. The molecule has 138 valence electrons. The van der Waals surface area contributed by atoms with Gasteiger partial charge in [0.05, 0.1) is 6.54 Å². The Balaban J connectivity index is 1.78. The van der Waals surface area contributed by atoms with Gasteiger partial charge in [-0.05, 0) is 48.9 Å². The zero-order chi connectivity index (χ0) is 18.8. The van der Waals surface area contributed by atoms with Crippen molar-refractivity contribution in [1.29, 1.82) is 0 Å². The fraction of sp³-hybridized carbons (Fsp3) is 0.263. The van der Waals surface area contributed by atoms with Gasteiger partial charge in [0.15, 0.2) is 5.96 Å². The van der Waals surface area contributed by atoms with Gasteiger partial charge in [-0.1, -0.05) is 12.1 Å². The van der Waals surface area contributed by atoms with E-state index in [9.17, 15) is 14.3 Å². The first kappa shape index (κ1) is 19.2. The lowest BCUT2D eigenvalue weighted by Crippen LogP contribution is -2.41. The summed E-state index contributed by atoms with van der Waals surface area (Å²) in [6, 6.07) is 12.3. The zero-order valence-electron chi connectivity index (χ0n) is 14.6. The summed E-state index contributed by atoms with van der Waals surface area (Å²) in [5.41, 5.74) is 1.39. The van der Waals surface area contributed by atoms with Gasteiger partial charge in [-0.25, -0.2) is 9.38 Å². The van der Waals surface area contributed by atoms with Gasteiger partial charge in [0.25, 0.3) is 5.91 Å². The molecular weight excluding hydrogens is 335 g/mol. The maximum atomic E-state index is 12.9. The Kier molecular flexibility index (Phi) is 7.42. The number of phenols is 1. The SMILES string of the molecule is CCNC(=NCc1ccc(F)cc1)NCCNC(=O)c1ccc(O)cc1. The van der Waals surface area contributed by atoms with Crippen LogP contribution in [0.2, 0.25) is 0 Å². The normalized spacial score (nSPS) is 11.1. The van der Waals surface area contributed by atoms with Crippen LogP contribution in [-0.2, 0) is 6.54 Å². The average Bonchev–Trinajstić information content (AvgIpc) is 2.64. The number of aliphatic imine (C=N–C) groups is 1. The van der Waals surface area contributed by atoms with Crippen molar-refractivity contribution in [3.05, 3.63) is 65.5 Å². The van der Waals surface area contributed by atoms with E-state index in [-0.39, 0.29) is 17.5 Å². The van der Waals surface area contributed by atoms with Gasteiger partial charge in [0.1, 0.15) is 11.6 Å². The molecule has 0 atom stereocenters.